The third-order valence-electron chi connectivity index (χ3n) is 7.76. The van der Waals surface area contributed by atoms with Crippen LogP contribution in [0.1, 0.15) is 36.1 Å². The average molecular weight is 668 g/mol. The minimum Gasteiger partial charge on any atom is -0.395 e. The van der Waals surface area contributed by atoms with Crippen LogP contribution < -0.4 is 10.2 Å². The van der Waals surface area contributed by atoms with E-state index < -0.39 is 11.6 Å². The molecule has 1 unspecified atom stereocenters. The van der Waals surface area contributed by atoms with Gasteiger partial charge in [-0.1, -0.05) is 41.4 Å². The number of Topliss-reactive ketones (excluding diaryl/α,β-unsaturated/α-hetero) is 1. The molecule has 4 aromatic carbocycles. The summed E-state index contributed by atoms with van der Waals surface area (Å²) in [5, 5.41) is 23.3. The first-order valence-electron chi connectivity index (χ1n) is 14.8. The average Bonchev–Trinajstić information content (AvgIpc) is 3.39. The fourth-order valence-electron chi connectivity index (χ4n) is 5.48. The van der Waals surface area contributed by atoms with E-state index in [1.165, 1.54) is 6.07 Å². The van der Waals surface area contributed by atoms with Crippen molar-refractivity contribution in [3.63, 3.8) is 0 Å². The van der Waals surface area contributed by atoms with Crippen molar-refractivity contribution in [2.75, 3.05) is 31.2 Å². The van der Waals surface area contributed by atoms with Gasteiger partial charge in [0.25, 0.3) is 0 Å². The highest BCUT2D eigenvalue weighted by molar-refractivity contribution is 6.42. The van der Waals surface area contributed by atoms with Crippen LogP contribution in [-0.4, -0.2) is 51.9 Å². The SMILES string of the molecule is CC(=O)CC(NCc1ccc(Cl)c(Cl)c1)c1ccc2c(c1)nc(-c1ccc(N(CCO)CCO)cc1)n2Cc1ccc(F)c(F)c1. The van der Waals surface area contributed by atoms with Crippen molar-refractivity contribution in [2.45, 2.75) is 32.5 Å². The highest BCUT2D eigenvalue weighted by Crippen LogP contribution is 2.31. The largest absolute Gasteiger partial charge is 0.395 e. The third kappa shape index (κ3) is 7.92. The molecule has 0 aliphatic heterocycles. The second-order valence-corrected chi connectivity index (χ2v) is 11.9. The number of fused-ring (bicyclic) bond motifs is 1. The lowest BCUT2D eigenvalue weighted by molar-refractivity contribution is -0.117. The first-order chi connectivity index (χ1) is 22.2. The molecule has 0 radical (unpaired) electrons. The summed E-state index contributed by atoms with van der Waals surface area (Å²) >= 11 is 12.3. The summed E-state index contributed by atoms with van der Waals surface area (Å²) in [4.78, 5) is 19.1. The number of ketones is 1. The van der Waals surface area contributed by atoms with E-state index in [2.05, 4.69) is 5.32 Å². The second kappa shape index (κ2) is 15.2. The maximum atomic E-state index is 14.2. The number of benzene rings is 4. The predicted octanol–water partition coefficient (Wildman–Crippen LogP) is 6.94. The summed E-state index contributed by atoms with van der Waals surface area (Å²) in [6.07, 6.45) is 0.259. The van der Waals surface area contributed by atoms with E-state index in [-0.39, 0.29) is 38.0 Å². The maximum absolute atomic E-state index is 14.2. The van der Waals surface area contributed by atoms with Crippen molar-refractivity contribution in [3.8, 4) is 11.4 Å². The molecule has 0 amide bonds. The predicted molar refractivity (Wildman–Crippen MR) is 178 cm³/mol. The summed E-state index contributed by atoms with van der Waals surface area (Å²) in [6, 6.07) is 22.3. The topological polar surface area (TPSA) is 90.6 Å². The molecule has 11 heteroatoms. The summed E-state index contributed by atoms with van der Waals surface area (Å²) in [5.74, 6) is -1.21. The summed E-state index contributed by atoms with van der Waals surface area (Å²) < 4.78 is 29.9. The number of anilines is 1. The lowest BCUT2D eigenvalue weighted by Gasteiger charge is -2.23. The van der Waals surface area contributed by atoms with Crippen LogP contribution in [0.15, 0.2) is 78.9 Å². The number of rotatable bonds is 14. The standard InChI is InChI=1S/C35H34Cl2F2N4O3/c1-22(46)16-32(40-20-23-2-9-28(36)29(37)17-23)26-6-11-34-33(19-26)41-35(43(34)21-24-3-10-30(38)31(39)18-24)25-4-7-27(8-5-25)42(12-14-44)13-15-45/h2-11,17-19,32,40,44-45H,12-16,20-21H2,1H3. The Morgan fingerprint density at radius 3 is 2.26 bits per heavy atom. The number of hydrogen-bond acceptors (Lipinski definition) is 6. The molecule has 1 atom stereocenters. The van der Waals surface area contributed by atoms with Crippen molar-refractivity contribution < 1.29 is 23.8 Å². The smallest absolute Gasteiger partial charge is 0.159 e. The molecule has 3 N–H and O–H groups in total. The molecule has 0 fully saturated rings. The number of hydrogen-bond donors (Lipinski definition) is 3. The van der Waals surface area contributed by atoms with Gasteiger partial charge < -0.3 is 25.0 Å². The lowest BCUT2D eigenvalue weighted by atomic mass is 10.0. The number of nitrogens with one attached hydrogen (secondary N) is 1. The number of aliphatic hydroxyl groups is 2. The molecule has 0 saturated heterocycles. The van der Waals surface area contributed by atoms with E-state index in [1.807, 2.05) is 58.0 Å². The molecular weight excluding hydrogens is 633 g/mol. The van der Waals surface area contributed by atoms with Crippen LogP contribution in [-0.2, 0) is 17.9 Å². The number of nitrogens with zero attached hydrogens (tertiary/aromatic N) is 3. The Labute approximate surface area is 276 Å². The van der Waals surface area contributed by atoms with Gasteiger partial charge in [0.2, 0.25) is 0 Å². The zero-order valence-electron chi connectivity index (χ0n) is 25.2. The molecule has 0 aliphatic rings. The number of aliphatic hydroxyl groups excluding tert-OH is 2. The highest BCUT2D eigenvalue weighted by atomic mass is 35.5. The molecule has 0 spiro atoms. The van der Waals surface area contributed by atoms with Crippen molar-refractivity contribution in [3.05, 3.63) is 117 Å². The molecule has 0 aliphatic carbocycles. The molecule has 240 valence electrons. The van der Waals surface area contributed by atoms with Crippen LogP contribution >= 0.6 is 23.2 Å². The van der Waals surface area contributed by atoms with Gasteiger partial charge in [-0.25, -0.2) is 13.8 Å². The zero-order chi connectivity index (χ0) is 32.8. The van der Waals surface area contributed by atoms with Gasteiger partial charge in [-0.2, -0.15) is 0 Å². The van der Waals surface area contributed by atoms with E-state index in [0.717, 1.165) is 34.0 Å². The van der Waals surface area contributed by atoms with Crippen LogP contribution in [0, 0.1) is 11.6 Å². The molecule has 0 saturated carbocycles. The van der Waals surface area contributed by atoms with Crippen LogP contribution in [0.4, 0.5) is 14.5 Å². The number of carbonyl (C=O) groups excluding carboxylic acids is 1. The van der Waals surface area contributed by atoms with Crippen molar-refractivity contribution >= 4 is 45.7 Å². The molecule has 1 aromatic heterocycles. The Morgan fingerprint density at radius 2 is 1.61 bits per heavy atom. The van der Waals surface area contributed by atoms with Crippen molar-refractivity contribution in [2.24, 2.45) is 0 Å². The molecular formula is C35H34Cl2F2N4O3. The molecule has 5 rings (SSSR count). The Hall–Kier alpha value is -3.86. The van der Waals surface area contributed by atoms with Crippen LogP contribution in [0.2, 0.25) is 10.0 Å². The van der Waals surface area contributed by atoms with Crippen LogP contribution in [0.3, 0.4) is 0 Å². The van der Waals surface area contributed by atoms with E-state index in [0.29, 0.717) is 46.6 Å². The zero-order valence-corrected chi connectivity index (χ0v) is 26.7. The van der Waals surface area contributed by atoms with Gasteiger partial charge in [-0.3, -0.25) is 4.79 Å². The van der Waals surface area contributed by atoms with Crippen LogP contribution in [0.5, 0.6) is 0 Å². The number of carbonyl (C=O) groups is 1. The monoisotopic (exact) mass is 666 g/mol. The highest BCUT2D eigenvalue weighted by Gasteiger charge is 2.19. The van der Waals surface area contributed by atoms with Crippen LogP contribution in [0.25, 0.3) is 22.4 Å². The summed E-state index contributed by atoms with van der Waals surface area (Å²) in [7, 11) is 0. The van der Waals surface area contributed by atoms with E-state index in [9.17, 15) is 23.8 Å². The van der Waals surface area contributed by atoms with Gasteiger partial charge in [-0.15, -0.1) is 0 Å². The Kier molecular flexibility index (Phi) is 11.0. The Balaban J connectivity index is 1.53. The Morgan fingerprint density at radius 1 is 0.891 bits per heavy atom. The molecule has 1 heterocycles. The first kappa shape index (κ1) is 33.5. The second-order valence-electron chi connectivity index (χ2n) is 11.1. The summed E-state index contributed by atoms with van der Waals surface area (Å²) in [5.41, 5.74) is 5.42. The molecule has 46 heavy (non-hydrogen) atoms. The normalized spacial score (nSPS) is 12.1. The number of aromatic nitrogens is 2. The fraction of sp³-hybridized carbons (Fsp3) is 0.257. The van der Waals surface area contributed by atoms with Crippen molar-refractivity contribution in [1.82, 2.24) is 14.9 Å². The maximum Gasteiger partial charge on any atom is 0.159 e. The minimum atomic E-state index is -0.928. The van der Waals surface area contributed by atoms with Gasteiger partial charge in [0, 0.05) is 49.9 Å². The first-order valence-corrected chi connectivity index (χ1v) is 15.6. The van der Waals surface area contributed by atoms with Gasteiger partial charge in [0.05, 0.1) is 34.3 Å². The minimum absolute atomic E-state index is 0.0211. The Bertz CT molecular complexity index is 1830. The van der Waals surface area contributed by atoms with E-state index in [4.69, 9.17) is 28.2 Å². The number of halogens is 4. The quantitative estimate of drug-likeness (QED) is 0.119. The fourth-order valence-corrected chi connectivity index (χ4v) is 5.80. The van der Waals surface area contributed by atoms with Gasteiger partial charge >= 0.3 is 0 Å². The molecule has 5 aromatic rings. The van der Waals surface area contributed by atoms with E-state index >= 15 is 0 Å². The third-order valence-corrected chi connectivity index (χ3v) is 8.50. The van der Waals surface area contributed by atoms with E-state index in [1.54, 1.807) is 25.1 Å². The summed E-state index contributed by atoms with van der Waals surface area (Å²) in [6.45, 7) is 2.88. The molecule has 7 nitrogen and oxygen atoms in total. The molecule has 0 bridgehead atoms. The number of imidazole rings is 1. The van der Waals surface area contributed by atoms with Gasteiger partial charge in [0.15, 0.2) is 11.6 Å². The van der Waals surface area contributed by atoms with Gasteiger partial charge in [0.1, 0.15) is 11.6 Å². The van der Waals surface area contributed by atoms with Gasteiger partial charge in [-0.05, 0) is 84.3 Å². The lowest BCUT2D eigenvalue weighted by Crippen LogP contribution is -2.29. The van der Waals surface area contributed by atoms with Crippen molar-refractivity contribution in [1.29, 1.82) is 0 Å².